The van der Waals surface area contributed by atoms with Crippen molar-refractivity contribution in [2.24, 2.45) is 5.73 Å². The molecule has 0 unspecified atom stereocenters. The van der Waals surface area contributed by atoms with Gasteiger partial charge in [-0.05, 0) is 36.5 Å². The van der Waals surface area contributed by atoms with Crippen LogP contribution in [0.3, 0.4) is 0 Å². The van der Waals surface area contributed by atoms with E-state index in [-0.39, 0.29) is 0 Å². The zero-order chi connectivity index (χ0) is 9.26. The standard InChI is InChI=1S/C11H14BrN/c12-9-6-4-8(5-7-9)10-2-1-3-11(10)13/h4-7,10-11H,1-3,13H2/t10-,11+/m1/s1. The second-order valence-electron chi connectivity index (χ2n) is 3.75. The van der Waals surface area contributed by atoms with Crippen LogP contribution >= 0.6 is 15.9 Å². The van der Waals surface area contributed by atoms with Gasteiger partial charge in [-0.1, -0.05) is 34.5 Å². The summed E-state index contributed by atoms with van der Waals surface area (Å²) < 4.78 is 1.14. The van der Waals surface area contributed by atoms with Crippen LogP contribution in [0.1, 0.15) is 30.7 Å². The van der Waals surface area contributed by atoms with Crippen molar-refractivity contribution in [1.82, 2.24) is 0 Å². The molecular weight excluding hydrogens is 226 g/mol. The number of halogens is 1. The van der Waals surface area contributed by atoms with Crippen LogP contribution in [0.25, 0.3) is 0 Å². The molecule has 2 N–H and O–H groups in total. The van der Waals surface area contributed by atoms with Crippen LogP contribution in [0.15, 0.2) is 28.7 Å². The SMILES string of the molecule is N[C@H]1CCC[C@@H]1c1ccc(Br)cc1. The number of benzene rings is 1. The van der Waals surface area contributed by atoms with Gasteiger partial charge in [-0.3, -0.25) is 0 Å². The summed E-state index contributed by atoms with van der Waals surface area (Å²) in [7, 11) is 0. The highest BCUT2D eigenvalue weighted by Crippen LogP contribution is 2.33. The molecule has 2 heteroatoms. The van der Waals surface area contributed by atoms with Crippen molar-refractivity contribution < 1.29 is 0 Å². The Bertz CT molecular complexity index is 281. The van der Waals surface area contributed by atoms with Gasteiger partial charge in [-0.2, -0.15) is 0 Å². The van der Waals surface area contributed by atoms with E-state index in [0.717, 1.165) is 4.47 Å². The lowest BCUT2D eigenvalue weighted by Crippen LogP contribution is -2.22. The van der Waals surface area contributed by atoms with Crippen LogP contribution in [-0.2, 0) is 0 Å². The molecule has 70 valence electrons. The van der Waals surface area contributed by atoms with Crippen molar-refractivity contribution in [3.8, 4) is 0 Å². The van der Waals surface area contributed by atoms with Crippen molar-refractivity contribution in [1.29, 1.82) is 0 Å². The lowest BCUT2D eigenvalue weighted by molar-refractivity contribution is 0.613. The van der Waals surface area contributed by atoms with Crippen LogP contribution in [0, 0.1) is 0 Å². The fourth-order valence-corrected chi connectivity index (χ4v) is 2.38. The number of hydrogen-bond acceptors (Lipinski definition) is 1. The molecule has 1 nitrogen and oxygen atoms in total. The zero-order valence-corrected chi connectivity index (χ0v) is 9.13. The molecule has 0 amide bonds. The monoisotopic (exact) mass is 239 g/mol. The van der Waals surface area contributed by atoms with E-state index in [1.165, 1.54) is 24.8 Å². The van der Waals surface area contributed by atoms with Gasteiger partial charge in [-0.25, -0.2) is 0 Å². The Morgan fingerprint density at radius 1 is 1.15 bits per heavy atom. The van der Waals surface area contributed by atoms with Gasteiger partial charge in [0.1, 0.15) is 0 Å². The molecule has 2 atom stereocenters. The topological polar surface area (TPSA) is 26.0 Å². The van der Waals surface area contributed by atoms with Crippen molar-refractivity contribution in [2.75, 3.05) is 0 Å². The van der Waals surface area contributed by atoms with E-state index >= 15 is 0 Å². The molecule has 1 fully saturated rings. The fraction of sp³-hybridized carbons (Fsp3) is 0.455. The third kappa shape index (κ3) is 1.94. The van der Waals surface area contributed by atoms with Crippen molar-refractivity contribution in [3.63, 3.8) is 0 Å². The van der Waals surface area contributed by atoms with Crippen LogP contribution in [0.5, 0.6) is 0 Å². The molecule has 0 aromatic heterocycles. The van der Waals surface area contributed by atoms with Crippen LogP contribution in [-0.4, -0.2) is 6.04 Å². The molecule has 1 aromatic rings. The van der Waals surface area contributed by atoms with Crippen LogP contribution < -0.4 is 5.73 Å². The van der Waals surface area contributed by atoms with Crippen LogP contribution in [0.4, 0.5) is 0 Å². The minimum atomic E-state index is 0.376. The summed E-state index contributed by atoms with van der Waals surface area (Å²) in [5.74, 6) is 0.591. The minimum absolute atomic E-state index is 0.376. The largest absolute Gasteiger partial charge is 0.327 e. The molecule has 1 saturated carbocycles. The first-order valence-electron chi connectivity index (χ1n) is 4.78. The zero-order valence-electron chi connectivity index (χ0n) is 7.54. The summed E-state index contributed by atoms with van der Waals surface area (Å²) in [6.45, 7) is 0. The van der Waals surface area contributed by atoms with E-state index in [1.54, 1.807) is 0 Å². The third-order valence-corrected chi connectivity index (χ3v) is 3.40. The van der Waals surface area contributed by atoms with Crippen molar-refractivity contribution >= 4 is 15.9 Å². The molecule has 0 spiro atoms. The summed E-state index contributed by atoms with van der Waals surface area (Å²) in [6.07, 6.45) is 3.71. The van der Waals surface area contributed by atoms with E-state index in [0.29, 0.717) is 12.0 Å². The van der Waals surface area contributed by atoms with Crippen molar-refractivity contribution in [3.05, 3.63) is 34.3 Å². The molecule has 1 aliphatic rings. The number of nitrogens with two attached hydrogens (primary N) is 1. The molecule has 0 radical (unpaired) electrons. The van der Waals surface area contributed by atoms with Gasteiger partial charge in [-0.15, -0.1) is 0 Å². The summed E-state index contributed by atoms with van der Waals surface area (Å²) >= 11 is 3.44. The smallest absolute Gasteiger partial charge is 0.0175 e. The van der Waals surface area contributed by atoms with Gasteiger partial charge in [0, 0.05) is 10.5 Å². The third-order valence-electron chi connectivity index (χ3n) is 2.87. The Morgan fingerprint density at radius 2 is 1.85 bits per heavy atom. The Morgan fingerprint density at radius 3 is 2.38 bits per heavy atom. The number of rotatable bonds is 1. The van der Waals surface area contributed by atoms with Gasteiger partial charge < -0.3 is 5.73 Å². The van der Waals surface area contributed by atoms with Gasteiger partial charge in [0.05, 0.1) is 0 Å². The maximum Gasteiger partial charge on any atom is 0.0175 e. The summed E-state index contributed by atoms with van der Waals surface area (Å²) in [5.41, 5.74) is 7.43. The first-order chi connectivity index (χ1) is 6.27. The van der Waals surface area contributed by atoms with Gasteiger partial charge >= 0.3 is 0 Å². The Balaban J connectivity index is 2.20. The maximum absolute atomic E-state index is 6.04. The Kier molecular flexibility index (Phi) is 2.70. The molecule has 0 saturated heterocycles. The molecule has 1 aromatic carbocycles. The van der Waals surface area contributed by atoms with Gasteiger partial charge in [0.2, 0.25) is 0 Å². The molecule has 0 aliphatic heterocycles. The lowest BCUT2D eigenvalue weighted by atomic mass is 9.95. The lowest BCUT2D eigenvalue weighted by Gasteiger charge is -2.15. The fourth-order valence-electron chi connectivity index (χ4n) is 2.11. The quantitative estimate of drug-likeness (QED) is 0.802. The average molecular weight is 240 g/mol. The molecule has 2 rings (SSSR count). The highest BCUT2D eigenvalue weighted by molar-refractivity contribution is 9.10. The predicted molar refractivity (Wildman–Crippen MR) is 58.7 cm³/mol. The van der Waals surface area contributed by atoms with Gasteiger partial charge in [0.15, 0.2) is 0 Å². The van der Waals surface area contributed by atoms with E-state index in [2.05, 4.69) is 40.2 Å². The first kappa shape index (κ1) is 9.22. The minimum Gasteiger partial charge on any atom is -0.327 e. The highest BCUT2D eigenvalue weighted by Gasteiger charge is 2.24. The van der Waals surface area contributed by atoms with Crippen molar-refractivity contribution in [2.45, 2.75) is 31.2 Å². The van der Waals surface area contributed by atoms with E-state index in [1.807, 2.05) is 0 Å². The molecule has 0 heterocycles. The number of hydrogen-bond donors (Lipinski definition) is 1. The predicted octanol–water partition coefficient (Wildman–Crippen LogP) is 3.04. The van der Waals surface area contributed by atoms with E-state index < -0.39 is 0 Å². The Hall–Kier alpha value is -0.340. The summed E-state index contributed by atoms with van der Waals surface area (Å²) in [6, 6.07) is 8.93. The highest BCUT2D eigenvalue weighted by atomic mass is 79.9. The second-order valence-corrected chi connectivity index (χ2v) is 4.67. The van der Waals surface area contributed by atoms with Gasteiger partial charge in [0.25, 0.3) is 0 Å². The average Bonchev–Trinajstić information content (AvgIpc) is 2.53. The molecule has 13 heavy (non-hydrogen) atoms. The van der Waals surface area contributed by atoms with E-state index in [4.69, 9.17) is 5.73 Å². The summed E-state index contributed by atoms with van der Waals surface area (Å²) in [5, 5.41) is 0. The summed E-state index contributed by atoms with van der Waals surface area (Å²) in [4.78, 5) is 0. The first-order valence-corrected chi connectivity index (χ1v) is 5.58. The molecule has 1 aliphatic carbocycles. The normalized spacial score (nSPS) is 27.8. The molecule has 0 bridgehead atoms. The Labute approximate surface area is 87.5 Å². The molecular formula is C11H14BrN. The maximum atomic E-state index is 6.04. The van der Waals surface area contributed by atoms with Crippen LogP contribution in [0.2, 0.25) is 0 Å². The second kappa shape index (κ2) is 3.81. The van der Waals surface area contributed by atoms with E-state index in [9.17, 15) is 0 Å².